The van der Waals surface area contributed by atoms with Gasteiger partial charge in [0.2, 0.25) is 0 Å². The molecule has 5 heteroatoms. The molecule has 3 rings (SSSR count). The molecule has 1 heterocycles. The summed E-state index contributed by atoms with van der Waals surface area (Å²) in [5.74, 6) is 0.760. The van der Waals surface area contributed by atoms with Gasteiger partial charge in [-0.2, -0.15) is 0 Å². The number of fused-ring (bicyclic) bond motifs is 1. The minimum Gasteiger partial charge on any atom is -0.516 e. The zero-order chi connectivity index (χ0) is 20.7. The van der Waals surface area contributed by atoms with Crippen molar-refractivity contribution >= 4 is 16.7 Å². The Bertz CT molecular complexity index is 1010. The van der Waals surface area contributed by atoms with E-state index in [9.17, 15) is 4.79 Å². The maximum atomic E-state index is 10.0. The third-order valence-corrected chi connectivity index (χ3v) is 4.22. The summed E-state index contributed by atoms with van der Waals surface area (Å²) in [6, 6.07) is 17.5. The maximum Gasteiger partial charge on any atom is 0.155 e. The van der Waals surface area contributed by atoms with E-state index in [1.165, 1.54) is 36.4 Å². The predicted molar refractivity (Wildman–Crippen MR) is 114 cm³/mol. The number of benzene rings is 2. The number of aryl methyl sites for hydroxylation is 2. The molecule has 1 aromatic heterocycles. The number of aliphatic hydroxyl groups is 1. The third kappa shape index (κ3) is 7.12. The molecule has 0 spiro atoms. The van der Waals surface area contributed by atoms with Crippen molar-refractivity contribution in [2.75, 3.05) is 7.11 Å². The second-order valence-electron chi connectivity index (χ2n) is 6.56. The van der Waals surface area contributed by atoms with Gasteiger partial charge in [0.25, 0.3) is 0 Å². The van der Waals surface area contributed by atoms with E-state index in [0.717, 1.165) is 28.9 Å². The number of carbonyl (C=O) groups is 1. The van der Waals surface area contributed by atoms with E-state index in [2.05, 4.69) is 38.1 Å². The van der Waals surface area contributed by atoms with Gasteiger partial charge in [0.05, 0.1) is 18.4 Å². The van der Waals surface area contributed by atoms with Gasteiger partial charge in [-0.25, -0.2) is 0 Å². The summed E-state index contributed by atoms with van der Waals surface area (Å²) in [5, 5.41) is 9.55. The van der Waals surface area contributed by atoms with Crippen LogP contribution in [-0.2, 0) is 31.3 Å². The Morgan fingerprint density at radius 1 is 1.21 bits per heavy atom. The van der Waals surface area contributed by atoms with E-state index in [-0.39, 0.29) is 31.6 Å². The van der Waals surface area contributed by atoms with Crippen LogP contribution in [0.4, 0.5) is 0 Å². The first-order chi connectivity index (χ1) is 13.3. The Morgan fingerprint density at radius 3 is 2.48 bits per heavy atom. The van der Waals surface area contributed by atoms with Crippen molar-refractivity contribution < 1.29 is 34.7 Å². The summed E-state index contributed by atoms with van der Waals surface area (Å²) in [7, 11) is 1.67. The van der Waals surface area contributed by atoms with Crippen LogP contribution in [0.3, 0.4) is 0 Å². The van der Waals surface area contributed by atoms with Gasteiger partial charge in [-0.3, -0.25) is 9.78 Å². The fourth-order valence-corrected chi connectivity index (χ4v) is 2.87. The van der Waals surface area contributed by atoms with Gasteiger partial charge in [-0.15, -0.1) is 29.8 Å². The molecule has 1 radical (unpaired) electrons. The summed E-state index contributed by atoms with van der Waals surface area (Å²) in [6.07, 6.45) is 2.22. The standard InChI is InChI=1S/C19H18NO.C5H8O2.Ir/c1-4-14-11-16-8-9-18(20-19(16)10-13(14)2)15-6-5-7-17(12-15)21-3;1-4(6)3-5(2)7;/h5,7-12H,4H2,1-3H3;3,6H,1-2H3;/q-1;;/b;4-3-;. The van der Waals surface area contributed by atoms with E-state index in [4.69, 9.17) is 14.8 Å². The second-order valence-corrected chi connectivity index (χ2v) is 6.56. The number of aromatic nitrogens is 1. The zero-order valence-electron chi connectivity index (χ0n) is 17.4. The molecule has 155 valence electrons. The normalized spacial score (nSPS) is 10.6. The molecule has 4 nitrogen and oxygen atoms in total. The van der Waals surface area contributed by atoms with Crippen molar-refractivity contribution in [2.45, 2.75) is 34.1 Å². The van der Waals surface area contributed by atoms with Crippen LogP contribution in [0.15, 0.2) is 54.3 Å². The van der Waals surface area contributed by atoms with E-state index in [1.54, 1.807) is 7.11 Å². The molecular formula is C24H26IrNO3-. The number of methoxy groups -OCH3 is 1. The van der Waals surface area contributed by atoms with E-state index in [0.29, 0.717) is 0 Å². The van der Waals surface area contributed by atoms with Crippen LogP contribution in [0, 0.1) is 13.0 Å². The Balaban J connectivity index is 0.000000456. The molecule has 3 aromatic rings. The number of hydrogen-bond donors (Lipinski definition) is 1. The van der Waals surface area contributed by atoms with Crippen LogP contribution in [0.1, 0.15) is 31.9 Å². The van der Waals surface area contributed by atoms with Crippen molar-refractivity contribution in [3.05, 3.63) is 71.5 Å². The van der Waals surface area contributed by atoms with Gasteiger partial charge in [-0.1, -0.05) is 19.1 Å². The van der Waals surface area contributed by atoms with Crippen molar-refractivity contribution in [3.63, 3.8) is 0 Å². The number of ketones is 1. The van der Waals surface area contributed by atoms with Crippen LogP contribution < -0.4 is 4.74 Å². The summed E-state index contributed by atoms with van der Waals surface area (Å²) in [6.45, 7) is 7.17. The number of allylic oxidation sites excluding steroid dienone is 2. The molecule has 0 atom stereocenters. The number of nitrogens with zero attached hydrogens (tertiary/aromatic N) is 1. The van der Waals surface area contributed by atoms with Crippen LogP contribution in [0.2, 0.25) is 0 Å². The number of hydrogen-bond acceptors (Lipinski definition) is 4. The Labute approximate surface area is 186 Å². The summed E-state index contributed by atoms with van der Waals surface area (Å²) in [5.41, 5.74) is 5.58. The van der Waals surface area contributed by atoms with E-state index >= 15 is 0 Å². The first kappa shape index (κ1) is 24.5. The molecule has 0 amide bonds. The van der Waals surface area contributed by atoms with Crippen LogP contribution >= 0.6 is 0 Å². The Hall–Kier alpha value is -2.49. The van der Waals surface area contributed by atoms with Gasteiger partial charge in [-0.05, 0) is 61.5 Å². The number of aliphatic hydroxyl groups excluding tert-OH is 1. The minimum absolute atomic E-state index is 0. The van der Waals surface area contributed by atoms with Crippen molar-refractivity contribution in [1.82, 2.24) is 4.98 Å². The fourth-order valence-electron chi connectivity index (χ4n) is 2.87. The zero-order valence-corrected chi connectivity index (χ0v) is 19.8. The number of pyridine rings is 1. The van der Waals surface area contributed by atoms with Crippen LogP contribution in [0.5, 0.6) is 5.75 Å². The molecule has 0 bridgehead atoms. The first-order valence-electron chi connectivity index (χ1n) is 9.18. The van der Waals surface area contributed by atoms with Crippen molar-refractivity contribution in [1.29, 1.82) is 0 Å². The molecule has 0 aliphatic carbocycles. The molecule has 29 heavy (non-hydrogen) atoms. The summed E-state index contributed by atoms with van der Waals surface area (Å²) >= 11 is 0. The molecule has 0 saturated carbocycles. The van der Waals surface area contributed by atoms with Gasteiger partial charge in [0, 0.05) is 31.9 Å². The predicted octanol–water partition coefficient (Wildman–Crippen LogP) is 5.62. The summed E-state index contributed by atoms with van der Waals surface area (Å²) in [4.78, 5) is 14.8. The van der Waals surface area contributed by atoms with Crippen molar-refractivity contribution in [3.8, 4) is 17.0 Å². The maximum absolute atomic E-state index is 10.0. The van der Waals surface area contributed by atoms with E-state index in [1.807, 2.05) is 24.3 Å². The van der Waals surface area contributed by atoms with E-state index < -0.39 is 0 Å². The number of carbonyl (C=O) groups excluding carboxylic acids is 1. The molecule has 1 N–H and O–H groups in total. The quantitative estimate of drug-likeness (QED) is 0.252. The second kappa shape index (κ2) is 11.5. The number of ether oxygens (including phenoxy) is 1. The third-order valence-electron chi connectivity index (χ3n) is 4.22. The molecule has 0 fully saturated rings. The topological polar surface area (TPSA) is 59.4 Å². The molecule has 0 aliphatic heterocycles. The Morgan fingerprint density at radius 2 is 1.93 bits per heavy atom. The molecule has 2 aromatic carbocycles. The number of rotatable bonds is 4. The molecular weight excluding hydrogens is 542 g/mol. The van der Waals surface area contributed by atoms with Gasteiger partial charge >= 0.3 is 0 Å². The van der Waals surface area contributed by atoms with Gasteiger partial charge < -0.3 is 9.84 Å². The van der Waals surface area contributed by atoms with Gasteiger partial charge in [0.15, 0.2) is 5.78 Å². The fraction of sp³-hybridized carbons (Fsp3) is 0.250. The summed E-state index contributed by atoms with van der Waals surface area (Å²) < 4.78 is 5.27. The Kier molecular flexibility index (Phi) is 9.73. The monoisotopic (exact) mass is 569 g/mol. The van der Waals surface area contributed by atoms with Gasteiger partial charge in [0.1, 0.15) is 0 Å². The van der Waals surface area contributed by atoms with Crippen molar-refractivity contribution in [2.24, 2.45) is 0 Å². The molecule has 0 aliphatic rings. The minimum atomic E-state index is -0.125. The van der Waals surface area contributed by atoms with Crippen LogP contribution in [0.25, 0.3) is 22.2 Å². The molecule has 0 saturated heterocycles. The largest absolute Gasteiger partial charge is 0.516 e. The average Bonchev–Trinajstić information content (AvgIpc) is 2.66. The molecule has 0 unspecified atom stereocenters. The van der Waals surface area contributed by atoms with Crippen LogP contribution in [-0.4, -0.2) is 23.0 Å². The average molecular weight is 569 g/mol. The smallest absolute Gasteiger partial charge is 0.155 e. The first-order valence-corrected chi connectivity index (χ1v) is 9.18. The SMILES string of the molecule is CC(=O)/C=C(/C)O.CCc1cc2ccc(-c3[c-]ccc(OC)c3)nc2cc1C.[Ir].